The Bertz CT molecular complexity index is 641. The van der Waals surface area contributed by atoms with Gasteiger partial charge in [0.15, 0.2) is 5.78 Å². The minimum atomic E-state index is -0.893. The predicted octanol–water partition coefficient (Wildman–Crippen LogP) is 3.34. The average molecular weight is 283 g/mol. The second-order valence-corrected chi connectivity index (χ2v) is 4.30. The van der Waals surface area contributed by atoms with Crippen LogP contribution in [0.3, 0.4) is 0 Å². The SMILES string of the molecule is O=C(c1cc(F)c(CO)cc1F)c1ccccc1Cl. The lowest BCUT2D eigenvalue weighted by Crippen LogP contribution is -2.07. The Hall–Kier alpha value is -1.78. The Morgan fingerprint density at radius 2 is 1.79 bits per heavy atom. The van der Waals surface area contributed by atoms with Crippen molar-refractivity contribution in [3.63, 3.8) is 0 Å². The predicted molar refractivity (Wildman–Crippen MR) is 67.2 cm³/mol. The van der Waals surface area contributed by atoms with Crippen molar-refractivity contribution >= 4 is 17.4 Å². The molecule has 2 aromatic carbocycles. The molecule has 0 atom stereocenters. The molecule has 2 aromatic rings. The van der Waals surface area contributed by atoms with Crippen LogP contribution in [0.15, 0.2) is 36.4 Å². The smallest absolute Gasteiger partial charge is 0.197 e. The van der Waals surface area contributed by atoms with Gasteiger partial charge in [0.25, 0.3) is 0 Å². The van der Waals surface area contributed by atoms with Crippen molar-refractivity contribution in [1.29, 1.82) is 0 Å². The maximum Gasteiger partial charge on any atom is 0.197 e. The molecule has 1 N–H and O–H groups in total. The van der Waals surface area contributed by atoms with E-state index in [9.17, 15) is 13.6 Å². The molecule has 0 radical (unpaired) electrons. The summed E-state index contributed by atoms with van der Waals surface area (Å²) in [4.78, 5) is 12.1. The van der Waals surface area contributed by atoms with Crippen molar-refractivity contribution in [1.82, 2.24) is 0 Å². The number of aliphatic hydroxyl groups is 1. The average Bonchev–Trinajstić information content (AvgIpc) is 2.40. The fraction of sp³-hybridized carbons (Fsp3) is 0.0714. The van der Waals surface area contributed by atoms with Crippen molar-refractivity contribution in [2.45, 2.75) is 6.61 Å². The lowest BCUT2D eigenvalue weighted by Gasteiger charge is -2.07. The summed E-state index contributed by atoms with van der Waals surface area (Å²) in [5.41, 5.74) is -0.518. The van der Waals surface area contributed by atoms with E-state index in [1.54, 1.807) is 12.1 Å². The summed E-state index contributed by atoms with van der Waals surface area (Å²) in [7, 11) is 0. The summed E-state index contributed by atoms with van der Waals surface area (Å²) in [5.74, 6) is -2.43. The maximum atomic E-state index is 13.7. The standard InChI is InChI=1S/C14H9ClF2O2/c15-11-4-2-1-3-9(11)14(19)10-6-12(16)8(7-18)5-13(10)17/h1-6,18H,7H2. The Balaban J connectivity index is 2.51. The molecule has 0 unspecified atom stereocenters. The number of rotatable bonds is 3. The normalized spacial score (nSPS) is 10.5. The fourth-order valence-electron chi connectivity index (χ4n) is 1.67. The first-order chi connectivity index (χ1) is 9.04. The summed E-state index contributed by atoms with van der Waals surface area (Å²) in [6, 6.07) is 7.71. The van der Waals surface area contributed by atoms with Gasteiger partial charge in [-0.1, -0.05) is 23.7 Å². The molecule has 0 heterocycles. The van der Waals surface area contributed by atoms with E-state index in [0.717, 1.165) is 12.1 Å². The molecule has 5 heteroatoms. The van der Waals surface area contributed by atoms with Crippen LogP contribution in [0.5, 0.6) is 0 Å². The lowest BCUT2D eigenvalue weighted by molar-refractivity contribution is 0.103. The van der Waals surface area contributed by atoms with Gasteiger partial charge in [0.05, 0.1) is 17.2 Å². The Morgan fingerprint density at radius 3 is 2.42 bits per heavy atom. The molecule has 0 bridgehead atoms. The van der Waals surface area contributed by atoms with Crippen molar-refractivity contribution in [2.75, 3.05) is 0 Å². The molecule has 0 aromatic heterocycles. The summed E-state index contributed by atoms with van der Waals surface area (Å²) in [5, 5.41) is 8.99. The lowest BCUT2D eigenvalue weighted by atomic mass is 10.0. The summed E-state index contributed by atoms with van der Waals surface area (Å²) < 4.78 is 27.2. The molecule has 0 aliphatic carbocycles. The Labute approximate surface area is 113 Å². The number of hydrogen-bond acceptors (Lipinski definition) is 2. The van der Waals surface area contributed by atoms with Crippen LogP contribution in [0.4, 0.5) is 8.78 Å². The van der Waals surface area contributed by atoms with E-state index in [1.807, 2.05) is 0 Å². The number of carbonyl (C=O) groups excluding carboxylic acids is 1. The molecule has 98 valence electrons. The topological polar surface area (TPSA) is 37.3 Å². The van der Waals surface area contributed by atoms with E-state index in [2.05, 4.69) is 0 Å². The van der Waals surface area contributed by atoms with Gasteiger partial charge in [-0.25, -0.2) is 8.78 Å². The first kappa shape index (κ1) is 13.6. The van der Waals surface area contributed by atoms with Crippen molar-refractivity contribution in [3.05, 3.63) is 69.7 Å². The van der Waals surface area contributed by atoms with Gasteiger partial charge in [0.2, 0.25) is 0 Å². The van der Waals surface area contributed by atoms with Gasteiger partial charge in [-0.3, -0.25) is 4.79 Å². The largest absolute Gasteiger partial charge is 0.392 e. The van der Waals surface area contributed by atoms with E-state index in [4.69, 9.17) is 16.7 Å². The Kier molecular flexibility index (Phi) is 3.93. The first-order valence-corrected chi connectivity index (χ1v) is 5.80. The van der Waals surface area contributed by atoms with Crippen LogP contribution in [0, 0.1) is 11.6 Å². The van der Waals surface area contributed by atoms with E-state index < -0.39 is 29.6 Å². The highest BCUT2D eigenvalue weighted by Gasteiger charge is 2.19. The van der Waals surface area contributed by atoms with Crippen molar-refractivity contribution in [3.8, 4) is 0 Å². The van der Waals surface area contributed by atoms with E-state index in [0.29, 0.717) is 0 Å². The zero-order chi connectivity index (χ0) is 14.0. The molecule has 0 aliphatic heterocycles. The number of hydrogen-bond donors (Lipinski definition) is 1. The third-order valence-electron chi connectivity index (χ3n) is 2.67. The van der Waals surface area contributed by atoms with Gasteiger partial charge >= 0.3 is 0 Å². The maximum absolute atomic E-state index is 13.7. The van der Waals surface area contributed by atoms with Gasteiger partial charge in [0, 0.05) is 11.1 Å². The number of halogens is 3. The highest BCUT2D eigenvalue weighted by Crippen LogP contribution is 2.22. The van der Waals surface area contributed by atoms with Crippen LogP contribution >= 0.6 is 11.6 Å². The van der Waals surface area contributed by atoms with Crippen LogP contribution in [0.1, 0.15) is 21.5 Å². The van der Waals surface area contributed by atoms with Crippen LogP contribution in [-0.4, -0.2) is 10.9 Å². The molecule has 0 saturated carbocycles. The number of aliphatic hydroxyl groups excluding tert-OH is 1. The molecule has 19 heavy (non-hydrogen) atoms. The zero-order valence-electron chi connectivity index (χ0n) is 9.66. The highest BCUT2D eigenvalue weighted by molar-refractivity contribution is 6.35. The minimum Gasteiger partial charge on any atom is -0.392 e. The molecular weight excluding hydrogens is 274 g/mol. The quantitative estimate of drug-likeness (QED) is 0.877. The van der Waals surface area contributed by atoms with Crippen molar-refractivity contribution < 1.29 is 18.7 Å². The number of carbonyl (C=O) groups is 1. The van der Waals surface area contributed by atoms with Crippen molar-refractivity contribution in [2.24, 2.45) is 0 Å². The van der Waals surface area contributed by atoms with Gasteiger partial charge in [0.1, 0.15) is 11.6 Å². The van der Waals surface area contributed by atoms with Gasteiger partial charge in [-0.15, -0.1) is 0 Å². The second kappa shape index (κ2) is 5.47. The van der Waals surface area contributed by atoms with Crippen LogP contribution in [0.2, 0.25) is 5.02 Å². The van der Waals surface area contributed by atoms with E-state index >= 15 is 0 Å². The highest BCUT2D eigenvalue weighted by atomic mass is 35.5. The minimum absolute atomic E-state index is 0.0965. The molecule has 0 amide bonds. The van der Waals surface area contributed by atoms with Crippen LogP contribution < -0.4 is 0 Å². The monoisotopic (exact) mass is 282 g/mol. The molecular formula is C14H9ClF2O2. The molecule has 0 spiro atoms. The van der Waals surface area contributed by atoms with Gasteiger partial charge in [-0.05, 0) is 24.3 Å². The Morgan fingerprint density at radius 1 is 1.11 bits per heavy atom. The summed E-state index contributed by atoms with van der Waals surface area (Å²) >= 11 is 5.84. The third-order valence-corrected chi connectivity index (χ3v) is 3.00. The molecule has 0 saturated heterocycles. The van der Waals surface area contributed by atoms with Crippen LogP contribution in [0.25, 0.3) is 0 Å². The summed E-state index contributed by atoms with van der Waals surface area (Å²) in [6.45, 7) is -0.636. The van der Waals surface area contributed by atoms with Crippen LogP contribution in [-0.2, 0) is 6.61 Å². The fourth-order valence-corrected chi connectivity index (χ4v) is 1.90. The zero-order valence-corrected chi connectivity index (χ0v) is 10.4. The number of benzene rings is 2. The summed E-state index contributed by atoms with van der Waals surface area (Å²) in [6.07, 6.45) is 0. The molecule has 2 nitrogen and oxygen atoms in total. The molecule has 2 rings (SSSR count). The van der Waals surface area contributed by atoms with Gasteiger partial charge in [-0.2, -0.15) is 0 Å². The second-order valence-electron chi connectivity index (χ2n) is 3.89. The molecule has 0 aliphatic rings. The first-order valence-electron chi connectivity index (χ1n) is 5.42. The molecule has 0 fully saturated rings. The number of ketones is 1. The third kappa shape index (κ3) is 2.64. The van der Waals surface area contributed by atoms with E-state index in [-0.39, 0.29) is 16.1 Å². The van der Waals surface area contributed by atoms with Gasteiger partial charge < -0.3 is 5.11 Å². The van der Waals surface area contributed by atoms with E-state index in [1.165, 1.54) is 12.1 Å².